The zero-order valence-electron chi connectivity index (χ0n) is 12.6. The van der Waals surface area contributed by atoms with E-state index in [4.69, 9.17) is 4.74 Å². The lowest BCUT2D eigenvalue weighted by molar-refractivity contribution is -0.135. The molecule has 0 aromatic heterocycles. The molecule has 1 unspecified atom stereocenters. The van der Waals surface area contributed by atoms with Gasteiger partial charge in [0, 0.05) is 7.05 Å². The number of para-hydroxylation sites is 1. The van der Waals surface area contributed by atoms with Crippen molar-refractivity contribution in [2.45, 2.75) is 19.4 Å². The van der Waals surface area contributed by atoms with Crippen LogP contribution in [-0.2, 0) is 14.3 Å². The molecule has 1 aromatic rings. The van der Waals surface area contributed by atoms with Gasteiger partial charge in [-0.2, -0.15) is 5.01 Å². The largest absolute Gasteiger partial charge is 0.461 e. The Kier molecular flexibility index (Phi) is 3.29. The van der Waals surface area contributed by atoms with E-state index in [1.54, 1.807) is 25.9 Å². The molecular formula is C15H16N4O3. The van der Waals surface area contributed by atoms with Gasteiger partial charge in [0.05, 0.1) is 12.3 Å². The second-order valence-corrected chi connectivity index (χ2v) is 5.17. The summed E-state index contributed by atoms with van der Waals surface area (Å²) in [4.78, 5) is 24.8. The maximum Gasteiger partial charge on any atom is 0.357 e. The Morgan fingerprint density at radius 2 is 1.95 bits per heavy atom. The Morgan fingerprint density at radius 1 is 1.27 bits per heavy atom. The van der Waals surface area contributed by atoms with Crippen molar-refractivity contribution in [2.24, 2.45) is 10.2 Å². The van der Waals surface area contributed by atoms with Gasteiger partial charge in [-0.3, -0.25) is 4.79 Å². The Morgan fingerprint density at radius 3 is 2.59 bits per heavy atom. The van der Waals surface area contributed by atoms with Crippen molar-refractivity contribution in [3.05, 3.63) is 30.3 Å². The van der Waals surface area contributed by atoms with Crippen molar-refractivity contribution >= 4 is 29.0 Å². The lowest BCUT2D eigenvalue weighted by Gasteiger charge is -2.33. The Hall–Kier alpha value is -2.54. The fourth-order valence-electron chi connectivity index (χ4n) is 2.70. The summed E-state index contributed by atoms with van der Waals surface area (Å²) in [5.74, 6) is -0.849. The number of carbonyl (C=O) groups is 2. The monoisotopic (exact) mass is 300 g/mol. The molecule has 1 fully saturated rings. The van der Waals surface area contributed by atoms with Gasteiger partial charge in [0.1, 0.15) is 5.54 Å². The maximum absolute atomic E-state index is 12.7. The Labute approximate surface area is 127 Å². The normalized spacial score (nSPS) is 24.1. The van der Waals surface area contributed by atoms with Crippen LogP contribution >= 0.6 is 0 Å². The quantitative estimate of drug-likeness (QED) is 0.781. The van der Waals surface area contributed by atoms with Crippen LogP contribution in [0.1, 0.15) is 13.8 Å². The summed E-state index contributed by atoms with van der Waals surface area (Å²) >= 11 is 0. The molecule has 22 heavy (non-hydrogen) atoms. The van der Waals surface area contributed by atoms with Gasteiger partial charge < -0.3 is 4.74 Å². The molecule has 7 nitrogen and oxygen atoms in total. The minimum atomic E-state index is -1.01. The number of esters is 1. The number of hydrogen-bond donors (Lipinski definition) is 0. The fourth-order valence-corrected chi connectivity index (χ4v) is 2.70. The third kappa shape index (κ3) is 1.79. The number of fused-ring (bicyclic) bond motifs is 1. The third-order valence-corrected chi connectivity index (χ3v) is 3.98. The highest BCUT2D eigenvalue weighted by Crippen LogP contribution is 2.35. The molecule has 1 saturated heterocycles. The average Bonchev–Trinajstić information content (AvgIpc) is 2.95. The molecule has 0 aliphatic carbocycles. The summed E-state index contributed by atoms with van der Waals surface area (Å²) in [6.45, 7) is 3.70. The molecule has 2 aliphatic heterocycles. The van der Waals surface area contributed by atoms with Gasteiger partial charge in [0.2, 0.25) is 0 Å². The standard InChI is InChI=1S/C15H16N4O3/c1-4-22-14(21)12-15(2)11(16-17-12)13(20)19(18(15)3)10-8-6-5-7-9-10/h5-9H,4H2,1-3H3. The van der Waals surface area contributed by atoms with E-state index in [0.717, 1.165) is 0 Å². The van der Waals surface area contributed by atoms with Crippen LogP contribution in [0.5, 0.6) is 0 Å². The minimum Gasteiger partial charge on any atom is -0.461 e. The molecule has 2 heterocycles. The maximum atomic E-state index is 12.7. The predicted molar refractivity (Wildman–Crippen MR) is 81.6 cm³/mol. The summed E-state index contributed by atoms with van der Waals surface area (Å²) in [7, 11) is 1.73. The van der Waals surface area contributed by atoms with Gasteiger partial charge >= 0.3 is 5.97 Å². The molecule has 1 aromatic carbocycles. The number of nitrogens with zero attached hydrogens (tertiary/aromatic N) is 4. The van der Waals surface area contributed by atoms with Crippen LogP contribution in [0.4, 0.5) is 5.69 Å². The van der Waals surface area contributed by atoms with Gasteiger partial charge in [-0.1, -0.05) is 18.2 Å². The summed E-state index contributed by atoms with van der Waals surface area (Å²) in [6, 6.07) is 9.20. The summed E-state index contributed by atoms with van der Waals surface area (Å²) < 4.78 is 5.02. The van der Waals surface area contributed by atoms with Crippen LogP contribution in [0, 0.1) is 0 Å². The van der Waals surface area contributed by atoms with Gasteiger partial charge in [0.25, 0.3) is 5.91 Å². The molecule has 0 N–H and O–H groups in total. The van der Waals surface area contributed by atoms with Crippen molar-refractivity contribution in [3.8, 4) is 0 Å². The van der Waals surface area contributed by atoms with E-state index >= 15 is 0 Å². The second kappa shape index (κ2) is 5.03. The zero-order valence-corrected chi connectivity index (χ0v) is 12.6. The van der Waals surface area contributed by atoms with E-state index in [2.05, 4.69) is 10.2 Å². The first-order valence-corrected chi connectivity index (χ1v) is 6.98. The molecule has 7 heteroatoms. The minimum absolute atomic E-state index is 0.124. The molecule has 1 amide bonds. The fraction of sp³-hybridized carbons (Fsp3) is 0.333. The topological polar surface area (TPSA) is 74.6 Å². The van der Waals surface area contributed by atoms with Crippen molar-refractivity contribution in [2.75, 3.05) is 18.7 Å². The average molecular weight is 300 g/mol. The molecule has 0 saturated carbocycles. The molecule has 114 valence electrons. The highest BCUT2D eigenvalue weighted by molar-refractivity contribution is 6.60. The van der Waals surface area contributed by atoms with E-state index in [1.165, 1.54) is 5.01 Å². The highest BCUT2D eigenvalue weighted by atomic mass is 16.5. The van der Waals surface area contributed by atoms with E-state index in [1.807, 2.05) is 30.3 Å². The van der Waals surface area contributed by atoms with E-state index < -0.39 is 11.5 Å². The van der Waals surface area contributed by atoms with Gasteiger partial charge in [0.15, 0.2) is 11.4 Å². The summed E-state index contributed by atoms with van der Waals surface area (Å²) in [6.07, 6.45) is 0. The van der Waals surface area contributed by atoms with Gasteiger partial charge in [-0.15, -0.1) is 10.2 Å². The number of benzene rings is 1. The van der Waals surface area contributed by atoms with Crippen LogP contribution in [0.15, 0.2) is 40.5 Å². The number of carbonyl (C=O) groups excluding carboxylic acids is 2. The molecule has 0 radical (unpaired) electrons. The number of ether oxygens (including phenoxy) is 1. The SMILES string of the molecule is CCOC(=O)C1=NN=C2C(=O)N(c3ccccc3)N(C)C12C. The van der Waals surface area contributed by atoms with Crippen LogP contribution in [0.2, 0.25) is 0 Å². The summed E-state index contributed by atoms with van der Waals surface area (Å²) in [5.41, 5.74) is 0.0381. The Bertz CT molecular complexity index is 698. The molecule has 3 rings (SSSR count). The lowest BCUT2D eigenvalue weighted by atomic mass is 9.91. The van der Waals surface area contributed by atoms with Crippen LogP contribution in [0.3, 0.4) is 0 Å². The highest BCUT2D eigenvalue weighted by Gasteiger charge is 2.59. The number of amides is 1. The number of hydrazine groups is 1. The smallest absolute Gasteiger partial charge is 0.357 e. The zero-order chi connectivity index (χ0) is 15.9. The van der Waals surface area contributed by atoms with Crippen LogP contribution < -0.4 is 5.01 Å². The molecule has 0 bridgehead atoms. The van der Waals surface area contributed by atoms with Crippen LogP contribution in [0.25, 0.3) is 0 Å². The number of anilines is 1. The van der Waals surface area contributed by atoms with Gasteiger partial charge in [-0.25, -0.2) is 9.80 Å². The van der Waals surface area contributed by atoms with Crippen molar-refractivity contribution in [3.63, 3.8) is 0 Å². The lowest BCUT2D eigenvalue weighted by Crippen LogP contribution is -2.55. The molecular weight excluding hydrogens is 284 g/mol. The first-order chi connectivity index (χ1) is 10.5. The Balaban J connectivity index is 2.01. The molecule has 2 aliphatic rings. The third-order valence-electron chi connectivity index (χ3n) is 3.98. The van der Waals surface area contributed by atoms with E-state index in [0.29, 0.717) is 5.69 Å². The number of hydrogen-bond acceptors (Lipinski definition) is 6. The van der Waals surface area contributed by atoms with Crippen molar-refractivity contribution in [1.82, 2.24) is 5.01 Å². The van der Waals surface area contributed by atoms with E-state index in [9.17, 15) is 9.59 Å². The van der Waals surface area contributed by atoms with Gasteiger partial charge in [-0.05, 0) is 26.0 Å². The van der Waals surface area contributed by atoms with Crippen molar-refractivity contribution < 1.29 is 14.3 Å². The molecule has 1 atom stereocenters. The molecule has 0 spiro atoms. The summed E-state index contributed by atoms with van der Waals surface area (Å²) in [5, 5.41) is 11.0. The first kappa shape index (κ1) is 14.4. The van der Waals surface area contributed by atoms with E-state index in [-0.39, 0.29) is 23.9 Å². The first-order valence-electron chi connectivity index (χ1n) is 6.98. The number of rotatable bonds is 3. The van der Waals surface area contributed by atoms with Crippen molar-refractivity contribution in [1.29, 1.82) is 0 Å². The second-order valence-electron chi connectivity index (χ2n) is 5.17. The van der Waals surface area contributed by atoms with Crippen LogP contribution in [-0.4, -0.2) is 47.5 Å². The predicted octanol–water partition coefficient (Wildman–Crippen LogP) is 1.01.